The molecule has 16 heavy (non-hydrogen) atoms. The molecule has 0 amide bonds. The summed E-state index contributed by atoms with van der Waals surface area (Å²) in [6.07, 6.45) is 6.86. The van der Waals surface area contributed by atoms with E-state index >= 15 is 0 Å². The van der Waals surface area contributed by atoms with Crippen LogP contribution in [0.1, 0.15) is 24.8 Å². The van der Waals surface area contributed by atoms with Crippen molar-refractivity contribution in [2.45, 2.75) is 37.6 Å². The van der Waals surface area contributed by atoms with E-state index in [0.29, 0.717) is 6.04 Å². The van der Waals surface area contributed by atoms with Gasteiger partial charge in [-0.2, -0.15) is 5.10 Å². The second-order valence-electron chi connectivity index (χ2n) is 4.53. The third-order valence-corrected chi connectivity index (χ3v) is 3.39. The Morgan fingerprint density at radius 3 is 3.12 bits per heavy atom. The molecule has 1 aromatic heterocycles. The number of nitrogens with zero attached hydrogens (tertiary/aromatic N) is 1. The van der Waals surface area contributed by atoms with Crippen LogP contribution in [0, 0.1) is 0 Å². The van der Waals surface area contributed by atoms with E-state index in [0.717, 1.165) is 39.0 Å². The average Bonchev–Trinajstić information content (AvgIpc) is 3.01. The first-order valence-electron chi connectivity index (χ1n) is 5.85. The van der Waals surface area contributed by atoms with Crippen LogP contribution in [0.5, 0.6) is 0 Å². The van der Waals surface area contributed by atoms with Gasteiger partial charge in [0, 0.05) is 37.2 Å². The molecule has 1 aromatic rings. The first-order valence-corrected chi connectivity index (χ1v) is 5.85. The van der Waals surface area contributed by atoms with Crippen molar-refractivity contribution in [1.82, 2.24) is 15.5 Å². The summed E-state index contributed by atoms with van der Waals surface area (Å²) in [7, 11) is 0. The van der Waals surface area contributed by atoms with Gasteiger partial charge in [0.2, 0.25) is 0 Å². The van der Waals surface area contributed by atoms with E-state index in [2.05, 4.69) is 15.5 Å². The molecule has 0 bridgehead atoms. The van der Waals surface area contributed by atoms with Crippen molar-refractivity contribution >= 4 is 0 Å². The molecule has 2 heterocycles. The molecule has 1 saturated carbocycles. The van der Waals surface area contributed by atoms with E-state index in [-0.39, 0.29) is 5.79 Å². The van der Waals surface area contributed by atoms with Crippen molar-refractivity contribution in [2.75, 3.05) is 13.2 Å². The Bertz CT molecular complexity index is 333. The fraction of sp³-hybridized carbons (Fsp3) is 0.727. The van der Waals surface area contributed by atoms with Gasteiger partial charge in [0.25, 0.3) is 0 Å². The Morgan fingerprint density at radius 1 is 1.50 bits per heavy atom. The van der Waals surface area contributed by atoms with Crippen LogP contribution < -0.4 is 5.32 Å². The van der Waals surface area contributed by atoms with Crippen LogP contribution in [0.15, 0.2) is 12.4 Å². The molecule has 88 valence electrons. The fourth-order valence-electron chi connectivity index (χ4n) is 2.54. The molecule has 1 aliphatic carbocycles. The van der Waals surface area contributed by atoms with Crippen LogP contribution in [0.4, 0.5) is 0 Å². The fourth-order valence-corrected chi connectivity index (χ4v) is 2.54. The lowest BCUT2D eigenvalue weighted by Gasteiger charge is -2.21. The summed E-state index contributed by atoms with van der Waals surface area (Å²) in [6.45, 7) is 2.35. The van der Waals surface area contributed by atoms with E-state index < -0.39 is 0 Å². The molecule has 1 saturated heterocycles. The SMILES string of the molecule is c1n[nH]cc1CNC1CCC2(C1)OCCO2. The Kier molecular flexibility index (Phi) is 2.67. The smallest absolute Gasteiger partial charge is 0.170 e. The molecular weight excluding hydrogens is 206 g/mol. The summed E-state index contributed by atoms with van der Waals surface area (Å²) in [4.78, 5) is 0. The quantitative estimate of drug-likeness (QED) is 0.795. The van der Waals surface area contributed by atoms with Crippen molar-refractivity contribution in [3.63, 3.8) is 0 Å². The van der Waals surface area contributed by atoms with Gasteiger partial charge >= 0.3 is 0 Å². The van der Waals surface area contributed by atoms with Gasteiger partial charge < -0.3 is 14.8 Å². The largest absolute Gasteiger partial charge is 0.347 e. The second-order valence-corrected chi connectivity index (χ2v) is 4.53. The summed E-state index contributed by atoms with van der Waals surface area (Å²) in [6, 6.07) is 0.494. The Morgan fingerprint density at radius 2 is 2.38 bits per heavy atom. The molecule has 0 aromatic carbocycles. The van der Waals surface area contributed by atoms with Crippen LogP contribution in [-0.2, 0) is 16.0 Å². The molecule has 1 atom stereocenters. The lowest BCUT2D eigenvalue weighted by atomic mass is 10.2. The first-order chi connectivity index (χ1) is 7.86. The number of hydrogen-bond donors (Lipinski definition) is 2. The van der Waals surface area contributed by atoms with E-state index in [4.69, 9.17) is 9.47 Å². The number of ether oxygens (including phenoxy) is 2. The summed E-state index contributed by atoms with van der Waals surface area (Å²) >= 11 is 0. The van der Waals surface area contributed by atoms with Gasteiger partial charge in [-0.3, -0.25) is 5.10 Å². The van der Waals surface area contributed by atoms with E-state index in [1.165, 1.54) is 5.56 Å². The van der Waals surface area contributed by atoms with Crippen molar-refractivity contribution in [2.24, 2.45) is 0 Å². The third kappa shape index (κ3) is 1.98. The van der Waals surface area contributed by atoms with Gasteiger partial charge in [-0.05, 0) is 6.42 Å². The second kappa shape index (κ2) is 4.16. The molecule has 1 unspecified atom stereocenters. The maximum atomic E-state index is 5.69. The maximum absolute atomic E-state index is 5.69. The van der Waals surface area contributed by atoms with Crippen molar-refractivity contribution in [1.29, 1.82) is 0 Å². The minimum atomic E-state index is -0.270. The highest BCUT2D eigenvalue weighted by Gasteiger charge is 2.43. The van der Waals surface area contributed by atoms with Gasteiger partial charge in [0.15, 0.2) is 5.79 Å². The number of nitrogens with one attached hydrogen (secondary N) is 2. The Labute approximate surface area is 94.5 Å². The van der Waals surface area contributed by atoms with E-state index in [1.54, 1.807) is 0 Å². The highest BCUT2D eigenvalue weighted by atomic mass is 16.7. The number of aromatic amines is 1. The predicted molar refractivity (Wildman–Crippen MR) is 57.7 cm³/mol. The first kappa shape index (κ1) is 10.3. The molecule has 2 fully saturated rings. The molecule has 0 radical (unpaired) electrons. The van der Waals surface area contributed by atoms with Gasteiger partial charge in [-0.15, -0.1) is 0 Å². The Balaban J connectivity index is 1.50. The topological polar surface area (TPSA) is 59.2 Å². The van der Waals surface area contributed by atoms with Gasteiger partial charge in [-0.25, -0.2) is 0 Å². The van der Waals surface area contributed by atoms with Crippen molar-refractivity contribution < 1.29 is 9.47 Å². The molecular formula is C11H17N3O2. The number of aromatic nitrogens is 2. The number of rotatable bonds is 3. The van der Waals surface area contributed by atoms with Crippen LogP contribution in [0.3, 0.4) is 0 Å². The van der Waals surface area contributed by atoms with Crippen LogP contribution in [-0.4, -0.2) is 35.2 Å². The standard InChI is InChI=1S/C11H17N3O2/c1-2-11(15-3-4-16-11)5-10(1)12-6-9-7-13-14-8-9/h7-8,10,12H,1-6H2,(H,13,14). The zero-order valence-electron chi connectivity index (χ0n) is 9.24. The molecule has 3 rings (SSSR count). The highest BCUT2D eigenvalue weighted by Crippen LogP contribution is 2.37. The lowest BCUT2D eigenvalue weighted by molar-refractivity contribution is -0.151. The zero-order chi connectivity index (χ0) is 10.8. The molecule has 5 heteroatoms. The minimum Gasteiger partial charge on any atom is -0.347 e. The average molecular weight is 223 g/mol. The van der Waals surface area contributed by atoms with Crippen molar-refractivity contribution in [3.8, 4) is 0 Å². The van der Waals surface area contributed by atoms with E-state index in [9.17, 15) is 0 Å². The number of H-pyrrole nitrogens is 1. The normalized spacial score (nSPS) is 27.9. The summed E-state index contributed by atoms with van der Waals surface area (Å²) in [5.41, 5.74) is 1.19. The monoisotopic (exact) mass is 223 g/mol. The Hall–Kier alpha value is -0.910. The highest BCUT2D eigenvalue weighted by molar-refractivity contribution is 5.02. The predicted octanol–water partition coefficient (Wildman–Crippen LogP) is 0.795. The summed E-state index contributed by atoms with van der Waals surface area (Å²) in [5.74, 6) is -0.270. The van der Waals surface area contributed by atoms with Gasteiger partial charge in [-0.1, -0.05) is 0 Å². The molecule has 2 aliphatic rings. The maximum Gasteiger partial charge on any atom is 0.170 e. The van der Waals surface area contributed by atoms with Crippen molar-refractivity contribution in [3.05, 3.63) is 18.0 Å². The van der Waals surface area contributed by atoms with Crippen LogP contribution >= 0.6 is 0 Å². The minimum absolute atomic E-state index is 0.270. The van der Waals surface area contributed by atoms with Crippen LogP contribution in [0.25, 0.3) is 0 Å². The lowest BCUT2D eigenvalue weighted by Crippen LogP contribution is -2.31. The molecule has 5 nitrogen and oxygen atoms in total. The van der Waals surface area contributed by atoms with E-state index in [1.807, 2.05) is 12.4 Å². The number of hydrogen-bond acceptors (Lipinski definition) is 4. The summed E-state index contributed by atoms with van der Waals surface area (Å²) < 4.78 is 11.4. The molecule has 2 N–H and O–H groups in total. The zero-order valence-corrected chi connectivity index (χ0v) is 9.24. The summed E-state index contributed by atoms with van der Waals surface area (Å²) in [5, 5.41) is 10.3. The van der Waals surface area contributed by atoms with Crippen LogP contribution in [0.2, 0.25) is 0 Å². The third-order valence-electron chi connectivity index (χ3n) is 3.39. The molecule has 1 aliphatic heterocycles. The molecule has 1 spiro atoms. The van der Waals surface area contributed by atoms with Gasteiger partial charge in [0.05, 0.1) is 19.4 Å². The van der Waals surface area contributed by atoms with Gasteiger partial charge in [0.1, 0.15) is 0 Å².